The Morgan fingerprint density at radius 1 is 1.11 bits per heavy atom. The van der Waals surface area contributed by atoms with Gasteiger partial charge in [-0.1, -0.05) is 25.5 Å². The van der Waals surface area contributed by atoms with E-state index in [-0.39, 0.29) is 29.6 Å². The van der Waals surface area contributed by atoms with Gasteiger partial charge in [-0.2, -0.15) is 0 Å². The van der Waals surface area contributed by atoms with E-state index in [2.05, 4.69) is 24.8 Å². The van der Waals surface area contributed by atoms with Crippen LogP contribution in [0.1, 0.15) is 97.8 Å². The maximum absolute atomic E-state index is 12.3. The van der Waals surface area contributed by atoms with Crippen LogP contribution in [-0.2, 0) is 14.3 Å². The minimum Gasteiger partial charge on any atom is -0.462 e. The van der Waals surface area contributed by atoms with Crippen LogP contribution in [0.25, 0.3) is 0 Å². The van der Waals surface area contributed by atoms with Crippen LogP contribution in [0.2, 0.25) is 0 Å². The van der Waals surface area contributed by atoms with Crippen molar-refractivity contribution in [1.29, 1.82) is 0 Å². The van der Waals surface area contributed by atoms with Crippen LogP contribution in [0.4, 0.5) is 0 Å². The molecular formula is C32H51NO4. The molecule has 0 amide bonds. The average molecular weight is 514 g/mol. The number of hydrogen-bond acceptors (Lipinski definition) is 5. The Bertz CT molecular complexity index is 882. The molecule has 0 aromatic heterocycles. The van der Waals surface area contributed by atoms with E-state index in [1.807, 2.05) is 0 Å². The third-order valence-corrected chi connectivity index (χ3v) is 12.5. The monoisotopic (exact) mass is 513 g/mol. The zero-order chi connectivity index (χ0) is 25.8. The number of ether oxygens (including phenoxy) is 2. The molecule has 5 nitrogen and oxygen atoms in total. The molecule has 5 aliphatic carbocycles. The van der Waals surface area contributed by atoms with E-state index in [9.17, 15) is 9.90 Å². The summed E-state index contributed by atoms with van der Waals surface area (Å²) < 4.78 is 11.9. The van der Waals surface area contributed by atoms with Crippen molar-refractivity contribution in [3.05, 3.63) is 11.6 Å². The normalized spacial score (nSPS) is 48.4. The highest BCUT2D eigenvalue weighted by Gasteiger charge is 2.64. The summed E-state index contributed by atoms with van der Waals surface area (Å²) in [6, 6.07) is 0.278. The second-order valence-electron chi connectivity index (χ2n) is 14.3. The van der Waals surface area contributed by atoms with E-state index in [0.717, 1.165) is 57.4 Å². The SMILES string of the molecule is CC(=O)O[C@H]1[C@@H](CC2=CCCCC2)CC2C3CCC4C[C@H](O)[C@@H](N5CCOCC5)C[C@]4(C)C3CC[C@@]21C. The number of esters is 1. The van der Waals surface area contributed by atoms with E-state index in [0.29, 0.717) is 23.2 Å². The first-order chi connectivity index (χ1) is 17.8. The van der Waals surface area contributed by atoms with Crippen molar-refractivity contribution < 1.29 is 19.4 Å². The highest BCUT2D eigenvalue weighted by Crippen LogP contribution is 2.68. The van der Waals surface area contributed by atoms with Gasteiger partial charge >= 0.3 is 5.97 Å². The van der Waals surface area contributed by atoms with Crippen molar-refractivity contribution in [3.8, 4) is 0 Å². The van der Waals surface area contributed by atoms with Crippen LogP contribution in [-0.4, -0.2) is 60.5 Å². The van der Waals surface area contributed by atoms with Gasteiger partial charge in [-0.05, 0) is 106 Å². The van der Waals surface area contributed by atoms with Gasteiger partial charge in [0.15, 0.2) is 0 Å². The van der Waals surface area contributed by atoms with Crippen molar-refractivity contribution >= 4 is 5.97 Å². The summed E-state index contributed by atoms with van der Waals surface area (Å²) in [4.78, 5) is 14.9. The fourth-order valence-electron chi connectivity index (χ4n) is 10.7. The zero-order valence-corrected chi connectivity index (χ0v) is 23.6. The second kappa shape index (κ2) is 10.2. The second-order valence-corrected chi connectivity index (χ2v) is 14.3. The van der Waals surface area contributed by atoms with Gasteiger partial charge in [0, 0.05) is 37.4 Å². The van der Waals surface area contributed by atoms with E-state index >= 15 is 0 Å². The first-order valence-electron chi connectivity index (χ1n) is 15.6. The van der Waals surface area contributed by atoms with Crippen molar-refractivity contribution in [2.24, 2.45) is 40.4 Å². The van der Waals surface area contributed by atoms with Crippen molar-refractivity contribution in [1.82, 2.24) is 4.90 Å². The summed E-state index contributed by atoms with van der Waals surface area (Å²) in [7, 11) is 0. The quantitative estimate of drug-likeness (QED) is 0.383. The molecule has 5 heteroatoms. The maximum Gasteiger partial charge on any atom is 0.302 e. The summed E-state index contributed by atoms with van der Waals surface area (Å²) in [5.74, 6) is 3.12. The number of nitrogens with zero attached hydrogens (tertiary/aromatic N) is 1. The van der Waals surface area contributed by atoms with Crippen LogP contribution in [0, 0.1) is 40.4 Å². The largest absolute Gasteiger partial charge is 0.462 e. The molecule has 0 spiro atoms. The smallest absolute Gasteiger partial charge is 0.302 e. The fraction of sp³-hybridized carbons (Fsp3) is 0.906. The lowest BCUT2D eigenvalue weighted by molar-refractivity contribution is -0.172. The van der Waals surface area contributed by atoms with E-state index in [1.165, 1.54) is 57.8 Å². The highest BCUT2D eigenvalue weighted by atomic mass is 16.5. The summed E-state index contributed by atoms with van der Waals surface area (Å²) in [6.45, 7) is 10.2. The molecule has 1 aliphatic heterocycles. The molecule has 10 atom stereocenters. The van der Waals surface area contributed by atoms with Gasteiger partial charge in [-0.3, -0.25) is 9.69 Å². The molecule has 5 fully saturated rings. The van der Waals surface area contributed by atoms with Crippen LogP contribution in [0.15, 0.2) is 11.6 Å². The minimum absolute atomic E-state index is 0.0681. The third-order valence-electron chi connectivity index (χ3n) is 12.5. The number of fused-ring (bicyclic) bond motifs is 5. The number of allylic oxidation sites excluding steroid dienone is 2. The lowest BCUT2D eigenvalue weighted by Crippen LogP contribution is -2.61. The Morgan fingerprint density at radius 2 is 1.92 bits per heavy atom. The van der Waals surface area contributed by atoms with Crippen molar-refractivity contribution in [2.45, 2.75) is 116 Å². The van der Waals surface area contributed by atoms with Gasteiger partial charge in [-0.15, -0.1) is 0 Å². The molecular weight excluding hydrogens is 462 g/mol. The van der Waals surface area contributed by atoms with E-state index < -0.39 is 0 Å². The molecule has 1 N–H and O–H groups in total. The molecule has 37 heavy (non-hydrogen) atoms. The molecule has 4 unspecified atom stereocenters. The lowest BCUT2D eigenvalue weighted by Gasteiger charge is -2.62. The van der Waals surface area contributed by atoms with Gasteiger partial charge in [-0.25, -0.2) is 0 Å². The number of carbonyl (C=O) groups excluding carboxylic acids is 1. The minimum atomic E-state index is -0.199. The Hall–Kier alpha value is -0.910. The summed E-state index contributed by atoms with van der Waals surface area (Å²) in [5, 5.41) is 11.2. The van der Waals surface area contributed by atoms with Crippen molar-refractivity contribution in [3.63, 3.8) is 0 Å². The van der Waals surface area contributed by atoms with Gasteiger partial charge in [0.1, 0.15) is 6.10 Å². The third kappa shape index (κ3) is 4.63. The maximum atomic E-state index is 12.3. The Balaban J connectivity index is 1.25. The van der Waals surface area contributed by atoms with Crippen LogP contribution < -0.4 is 0 Å². The van der Waals surface area contributed by atoms with Crippen LogP contribution >= 0.6 is 0 Å². The lowest BCUT2D eigenvalue weighted by atomic mass is 9.44. The first-order valence-corrected chi connectivity index (χ1v) is 15.6. The van der Waals surface area contributed by atoms with E-state index in [1.54, 1.807) is 12.5 Å². The van der Waals surface area contributed by atoms with E-state index in [4.69, 9.17) is 9.47 Å². The molecule has 4 saturated carbocycles. The Labute approximate surface area is 224 Å². The van der Waals surface area contributed by atoms with Gasteiger partial charge < -0.3 is 14.6 Å². The fourth-order valence-corrected chi connectivity index (χ4v) is 10.7. The predicted molar refractivity (Wildman–Crippen MR) is 145 cm³/mol. The molecule has 208 valence electrons. The standard InChI is InChI=1S/C32H51NO4/c1-21(34)37-30-23(17-22-7-5-4-6-8-22)18-27-25-10-9-24-19-29(35)28(33-13-15-36-16-14-33)20-32(24,3)26(25)11-12-31(27,30)2/h7,23-30,35H,4-6,8-20H2,1-3H3/t23-,24?,25?,26?,27?,28-,29-,30-,31-,32-/m0/s1. The summed E-state index contributed by atoms with van der Waals surface area (Å²) in [6.07, 6.45) is 16.9. The predicted octanol–water partition coefficient (Wildman–Crippen LogP) is 5.75. The summed E-state index contributed by atoms with van der Waals surface area (Å²) >= 11 is 0. The molecule has 6 rings (SSSR count). The first kappa shape index (κ1) is 26.3. The number of carbonyl (C=O) groups is 1. The molecule has 0 bridgehead atoms. The van der Waals surface area contributed by atoms with Gasteiger partial charge in [0.05, 0.1) is 19.3 Å². The van der Waals surface area contributed by atoms with Gasteiger partial charge in [0.2, 0.25) is 0 Å². The summed E-state index contributed by atoms with van der Waals surface area (Å²) in [5.41, 5.74) is 2.03. The molecule has 1 heterocycles. The Kier molecular flexibility index (Phi) is 7.29. The number of aliphatic hydroxyl groups is 1. The van der Waals surface area contributed by atoms with Crippen molar-refractivity contribution in [2.75, 3.05) is 26.3 Å². The number of rotatable bonds is 4. The molecule has 6 aliphatic rings. The van der Waals surface area contributed by atoms with Crippen LogP contribution in [0.5, 0.6) is 0 Å². The average Bonchev–Trinajstić information content (AvgIpc) is 3.16. The highest BCUT2D eigenvalue weighted by molar-refractivity contribution is 5.66. The van der Waals surface area contributed by atoms with Gasteiger partial charge in [0.25, 0.3) is 0 Å². The number of hydrogen-bond donors (Lipinski definition) is 1. The number of aliphatic hydroxyl groups excluding tert-OH is 1. The molecule has 0 aromatic carbocycles. The molecule has 1 saturated heterocycles. The Morgan fingerprint density at radius 3 is 2.65 bits per heavy atom. The zero-order valence-electron chi connectivity index (χ0n) is 23.6. The molecule has 0 radical (unpaired) electrons. The topological polar surface area (TPSA) is 59.0 Å². The molecule has 0 aromatic rings. The number of morpholine rings is 1. The van der Waals surface area contributed by atoms with Crippen LogP contribution in [0.3, 0.4) is 0 Å².